The van der Waals surface area contributed by atoms with Crippen molar-refractivity contribution in [1.29, 1.82) is 0 Å². The Morgan fingerprint density at radius 3 is 1.76 bits per heavy atom. The Bertz CT molecular complexity index is 3630. The fourth-order valence-corrected chi connectivity index (χ4v) is 9.48. The third-order valence-electron chi connectivity index (χ3n) is 12.7. The number of aromatic nitrogens is 1. The lowest BCUT2D eigenvalue weighted by molar-refractivity contribution is 0.666. The topological polar surface area (TPSA) is 42.8 Å². The minimum Gasteiger partial charge on any atom is -0.454 e. The quantitative estimate of drug-likeness (QED) is 0.165. The van der Waals surface area contributed by atoms with Gasteiger partial charge < -0.3 is 8.98 Å². The molecule has 9 aromatic carbocycles. The molecule has 0 saturated carbocycles. The van der Waals surface area contributed by atoms with E-state index in [-0.39, 0.29) is 5.92 Å². The highest BCUT2D eigenvalue weighted by Crippen LogP contribution is 2.41. The highest BCUT2D eigenvalue weighted by atomic mass is 16.3. The minimum atomic E-state index is 0.111. The first-order valence-electron chi connectivity index (χ1n) is 21.7. The Morgan fingerprint density at radius 2 is 1.05 bits per heavy atom. The van der Waals surface area contributed by atoms with E-state index in [1.807, 2.05) is 6.07 Å². The smallest absolute Gasteiger partial charge is 0.160 e. The highest BCUT2D eigenvalue weighted by molar-refractivity contribution is 6.24. The molecule has 298 valence electrons. The van der Waals surface area contributed by atoms with E-state index >= 15 is 0 Å². The summed E-state index contributed by atoms with van der Waals surface area (Å²) in [6, 6.07) is 73.3. The first-order valence-corrected chi connectivity index (χ1v) is 21.7. The minimum absolute atomic E-state index is 0.111. The van der Waals surface area contributed by atoms with Crippen LogP contribution in [-0.2, 0) is 0 Å². The number of rotatable bonds is 6. The number of hydrogen-bond acceptors (Lipinski definition) is 3. The molecule has 1 aliphatic heterocycles. The molecule has 2 aromatic heterocycles. The van der Waals surface area contributed by atoms with Crippen molar-refractivity contribution in [3.05, 3.63) is 229 Å². The molecule has 63 heavy (non-hydrogen) atoms. The maximum Gasteiger partial charge on any atom is 0.160 e. The van der Waals surface area contributed by atoms with Gasteiger partial charge in [-0.05, 0) is 87.0 Å². The monoisotopic (exact) mass is 807 g/mol. The van der Waals surface area contributed by atoms with Gasteiger partial charge in [-0.3, -0.25) is 0 Å². The van der Waals surface area contributed by atoms with Crippen LogP contribution in [0.3, 0.4) is 0 Å². The number of benzene rings is 9. The molecular formula is C59H41N3O. The zero-order chi connectivity index (χ0) is 41.9. The van der Waals surface area contributed by atoms with Crippen molar-refractivity contribution in [1.82, 2.24) is 4.57 Å². The zero-order valence-corrected chi connectivity index (χ0v) is 34.7. The molecule has 0 saturated heterocycles. The van der Waals surface area contributed by atoms with Crippen LogP contribution in [0, 0.1) is 5.92 Å². The van der Waals surface area contributed by atoms with Crippen LogP contribution in [0.1, 0.15) is 30.0 Å². The highest BCUT2D eigenvalue weighted by Gasteiger charge is 2.25. The van der Waals surface area contributed by atoms with Gasteiger partial charge in [0.2, 0.25) is 0 Å². The number of allylic oxidation sites excluding steroid dienone is 1. The predicted octanol–water partition coefficient (Wildman–Crippen LogP) is 15.5. The van der Waals surface area contributed by atoms with E-state index in [0.29, 0.717) is 5.84 Å². The van der Waals surface area contributed by atoms with E-state index in [9.17, 15) is 0 Å². The van der Waals surface area contributed by atoms with Crippen molar-refractivity contribution < 1.29 is 4.42 Å². The lowest BCUT2D eigenvalue weighted by Gasteiger charge is -2.19. The first-order chi connectivity index (χ1) is 31.1. The molecule has 0 radical (unpaired) electrons. The molecule has 1 atom stereocenters. The molecule has 11 aromatic rings. The number of aliphatic imine (C=N–C) groups is 2. The van der Waals surface area contributed by atoms with Gasteiger partial charge in [-0.2, -0.15) is 0 Å². The van der Waals surface area contributed by atoms with Crippen molar-refractivity contribution in [2.24, 2.45) is 15.9 Å². The third kappa shape index (κ3) is 6.38. The molecule has 4 nitrogen and oxygen atoms in total. The summed E-state index contributed by atoms with van der Waals surface area (Å²) in [5, 5.41) is 6.83. The van der Waals surface area contributed by atoms with Crippen LogP contribution in [0.15, 0.2) is 227 Å². The Labute approximate surface area is 365 Å². The first kappa shape index (κ1) is 36.7. The molecule has 0 amide bonds. The van der Waals surface area contributed by atoms with E-state index in [2.05, 4.69) is 218 Å². The van der Waals surface area contributed by atoms with Crippen LogP contribution in [0.25, 0.3) is 88.2 Å². The predicted molar refractivity (Wildman–Crippen MR) is 264 cm³/mol. The lowest BCUT2D eigenvalue weighted by atomic mass is 9.92. The summed E-state index contributed by atoms with van der Waals surface area (Å²) in [7, 11) is 0. The molecule has 0 fully saturated rings. The molecule has 0 bridgehead atoms. The maximum atomic E-state index is 7.00. The van der Waals surface area contributed by atoms with E-state index in [1.54, 1.807) is 0 Å². The summed E-state index contributed by atoms with van der Waals surface area (Å²) in [4.78, 5) is 11.2. The van der Waals surface area contributed by atoms with Crippen LogP contribution in [0.4, 0.5) is 0 Å². The fourth-order valence-electron chi connectivity index (χ4n) is 9.48. The van der Waals surface area contributed by atoms with Gasteiger partial charge in [0.1, 0.15) is 5.58 Å². The van der Waals surface area contributed by atoms with Crippen LogP contribution >= 0.6 is 0 Å². The largest absolute Gasteiger partial charge is 0.454 e. The Morgan fingerprint density at radius 1 is 0.476 bits per heavy atom. The van der Waals surface area contributed by atoms with Crippen LogP contribution in [-0.4, -0.2) is 16.1 Å². The normalized spacial score (nSPS) is 15.3. The standard InChI is InChI=1S/C59H41N3O/c1-38-24-34-51(43-29-25-41(26-30-43)39-14-4-2-5-15-39)60-59(61-57(38)44-31-27-42(28-32-44)40-16-6-3-7-17-40)49-33-35-53(58-56(49)48-21-11-13-23-55(48)63-58)62-52-22-12-10-20-47(52)50-36-45-18-8-9-19-46(45)37-54(50)62/h2-23,25-38H,24H2,1H3/b51-34+,60-59?,61-57?. The third-order valence-corrected chi connectivity index (χ3v) is 12.7. The van der Waals surface area contributed by atoms with Crippen molar-refractivity contribution in [2.45, 2.75) is 13.3 Å². The summed E-state index contributed by atoms with van der Waals surface area (Å²) in [6.07, 6.45) is 3.08. The number of hydrogen-bond donors (Lipinski definition) is 0. The second-order valence-corrected chi connectivity index (χ2v) is 16.5. The van der Waals surface area contributed by atoms with Gasteiger partial charge in [0.25, 0.3) is 0 Å². The number of fused-ring (bicyclic) bond motifs is 7. The molecule has 4 heteroatoms. The molecule has 1 aliphatic rings. The van der Waals surface area contributed by atoms with Gasteiger partial charge in [0, 0.05) is 33.0 Å². The van der Waals surface area contributed by atoms with E-state index in [4.69, 9.17) is 14.4 Å². The lowest BCUT2D eigenvalue weighted by Crippen LogP contribution is -2.17. The van der Waals surface area contributed by atoms with Gasteiger partial charge in [-0.25, -0.2) is 9.98 Å². The number of amidine groups is 1. The zero-order valence-electron chi connectivity index (χ0n) is 34.7. The second kappa shape index (κ2) is 15.1. The average Bonchev–Trinajstić information content (AvgIpc) is 3.89. The van der Waals surface area contributed by atoms with Crippen LogP contribution < -0.4 is 0 Å². The number of nitrogens with zero attached hydrogens (tertiary/aromatic N) is 3. The molecule has 0 aliphatic carbocycles. The van der Waals surface area contributed by atoms with Gasteiger partial charge in [-0.15, -0.1) is 0 Å². The summed E-state index contributed by atoms with van der Waals surface area (Å²) >= 11 is 0. The van der Waals surface area contributed by atoms with Gasteiger partial charge >= 0.3 is 0 Å². The van der Waals surface area contributed by atoms with Gasteiger partial charge in [-0.1, -0.05) is 183 Å². The summed E-state index contributed by atoms with van der Waals surface area (Å²) in [6.45, 7) is 2.28. The van der Waals surface area contributed by atoms with Crippen molar-refractivity contribution in [3.63, 3.8) is 0 Å². The fraction of sp³-hybridized carbons (Fsp3) is 0.0508. The Kier molecular flexibility index (Phi) is 8.82. The number of furan rings is 1. The molecule has 12 rings (SSSR count). The maximum absolute atomic E-state index is 7.00. The molecule has 0 spiro atoms. The summed E-state index contributed by atoms with van der Waals surface area (Å²) < 4.78 is 9.37. The van der Waals surface area contributed by atoms with Gasteiger partial charge in [0.15, 0.2) is 11.4 Å². The SMILES string of the molecule is CC1C/C=C(\c2ccc(-c3ccccc3)cc2)N=C(c2ccc(-n3c4ccccc4c4cc5ccccc5cc43)c3oc4ccccc4c23)N=C1c1ccc(-c2ccccc2)cc1. The molecular weight excluding hydrogens is 767 g/mol. The summed E-state index contributed by atoms with van der Waals surface area (Å²) in [5.74, 6) is 0.762. The van der Waals surface area contributed by atoms with Crippen LogP contribution in [0.2, 0.25) is 0 Å². The molecule has 3 heterocycles. The van der Waals surface area contributed by atoms with Crippen LogP contribution in [0.5, 0.6) is 0 Å². The second-order valence-electron chi connectivity index (χ2n) is 16.5. The van der Waals surface area contributed by atoms with Crippen molar-refractivity contribution in [3.8, 4) is 27.9 Å². The molecule has 0 N–H and O–H groups in total. The van der Waals surface area contributed by atoms with Crippen molar-refractivity contribution in [2.75, 3.05) is 0 Å². The van der Waals surface area contributed by atoms with Gasteiger partial charge in [0.05, 0.1) is 28.1 Å². The van der Waals surface area contributed by atoms with E-state index in [1.165, 1.54) is 43.8 Å². The number of para-hydroxylation sites is 2. The van der Waals surface area contributed by atoms with E-state index in [0.717, 1.165) is 73.2 Å². The average molecular weight is 808 g/mol. The van der Waals surface area contributed by atoms with Crippen molar-refractivity contribution >= 4 is 71.8 Å². The molecule has 1 unspecified atom stereocenters. The van der Waals surface area contributed by atoms with E-state index < -0.39 is 0 Å². The Hall–Kier alpha value is -8.08. The summed E-state index contributed by atoms with van der Waals surface area (Å²) in [5.41, 5.74) is 14.5. The Balaban J connectivity index is 1.09.